The maximum absolute atomic E-state index is 14.0. The normalized spacial score (nSPS) is 12.5. The lowest BCUT2D eigenvalue weighted by Gasteiger charge is -2.25. The predicted octanol–water partition coefficient (Wildman–Crippen LogP) is 4.23. The number of rotatable bonds is 16. The lowest BCUT2D eigenvalue weighted by molar-refractivity contribution is -0.140. The van der Waals surface area contributed by atoms with Gasteiger partial charge in [-0.25, -0.2) is 4.39 Å². The maximum atomic E-state index is 14.0. The van der Waals surface area contributed by atoms with Gasteiger partial charge in [-0.05, 0) is 36.2 Å². The summed E-state index contributed by atoms with van der Waals surface area (Å²) in [4.78, 5) is 50.1. The summed E-state index contributed by atoms with van der Waals surface area (Å²) in [6.45, 7) is 0.0947. The molecule has 9 nitrogen and oxygen atoms in total. The van der Waals surface area contributed by atoms with Crippen molar-refractivity contribution in [2.45, 2.75) is 51.1 Å². The predicted molar refractivity (Wildman–Crippen MR) is 147 cm³/mol. The van der Waals surface area contributed by atoms with Crippen LogP contribution in [0.3, 0.4) is 0 Å². The number of carbonyl (C=O) groups is 4. The zero-order valence-electron chi connectivity index (χ0n) is 22.4. The van der Waals surface area contributed by atoms with Crippen LogP contribution in [0.25, 0.3) is 0 Å². The number of carboxylic acid groups (broad SMARTS) is 1. The minimum Gasteiger partial charge on any atom is -0.497 e. The Kier molecular flexibility index (Phi) is 13.3. The molecule has 2 atom stereocenters. The highest BCUT2D eigenvalue weighted by Gasteiger charge is 2.30. The van der Waals surface area contributed by atoms with Crippen molar-refractivity contribution in [1.29, 1.82) is 0 Å². The van der Waals surface area contributed by atoms with Crippen molar-refractivity contribution in [2.24, 2.45) is 5.92 Å². The first-order valence-corrected chi connectivity index (χ1v) is 13.8. The van der Waals surface area contributed by atoms with Crippen LogP contribution in [0.5, 0.6) is 11.5 Å². The average Bonchev–Trinajstić information content (AvgIpc) is 2.88. The molecule has 0 heterocycles. The van der Waals surface area contributed by atoms with Gasteiger partial charge < -0.3 is 25.2 Å². The van der Waals surface area contributed by atoms with E-state index in [0.29, 0.717) is 0 Å². The molecule has 0 aliphatic carbocycles. The van der Waals surface area contributed by atoms with E-state index < -0.39 is 66.8 Å². The molecule has 2 rings (SSSR count). The third-order valence-corrected chi connectivity index (χ3v) is 7.07. The molecule has 2 amide bonds. The van der Waals surface area contributed by atoms with E-state index in [4.69, 9.17) is 16.3 Å². The molecule has 14 heteroatoms. The first-order chi connectivity index (χ1) is 19.3. The van der Waals surface area contributed by atoms with E-state index in [9.17, 15) is 37.5 Å². The van der Waals surface area contributed by atoms with Crippen molar-refractivity contribution in [1.82, 2.24) is 10.6 Å². The lowest BCUT2D eigenvalue weighted by Crippen LogP contribution is -2.54. The van der Waals surface area contributed by atoms with Gasteiger partial charge in [0.1, 0.15) is 23.4 Å². The van der Waals surface area contributed by atoms with Gasteiger partial charge in [0.15, 0.2) is 5.78 Å². The van der Waals surface area contributed by atoms with E-state index in [-0.39, 0.29) is 39.2 Å². The highest BCUT2D eigenvalue weighted by molar-refractivity contribution is 7.99. The number of ketones is 1. The smallest absolute Gasteiger partial charge is 0.387 e. The van der Waals surface area contributed by atoms with Gasteiger partial charge in [-0.1, -0.05) is 31.5 Å². The Bertz CT molecular complexity index is 1230. The van der Waals surface area contributed by atoms with Crippen LogP contribution in [-0.4, -0.2) is 60.2 Å². The van der Waals surface area contributed by atoms with E-state index in [0.717, 1.165) is 11.8 Å². The fourth-order valence-corrected chi connectivity index (χ4v) is 4.98. The molecule has 2 aromatic rings. The van der Waals surface area contributed by atoms with Gasteiger partial charge in [-0.2, -0.15) is 8.78 Å². The summed E-state index contributed by atoms with van der Waals surface area (Å²) < 4.78 is 49.2. The van der Waals surface area contributed by atoms with Crippen LogP contribution in [0, 0.1) is 11.7 Å². The number of ether oxygens (including phenoxy) is 2. The number of methoxy groups -OCH3 is 1. The molecule has 224 valence electrons. The zero-order chi connectivity index (χ0) is 30.7. The summed E-state index contributed by atoms with van der Waals surface area (Å²) in [6, 6.07) is 5.48. The molecule has 3 N–H and O–H groups in total. The van der Waals surface area contributed by atoms with Gasteiger partial charge >= 0.3 is 12.6 Å². The van der Waals surface area contributed by atoms with Gasteiger partial charge in [0, 0.05) is 21.9 Å². The van der Waals surface area contributed by atoms with Crippen LogP contribution in [0.1, 0.15) is 31.4 Å². The fraction of sp³-hybridized carbons (Fsp3) is 0.407. The molecule has 0 spiro atoms. The van der Waals surface area contributed by atoms with Gasteiger partial charge in [0.25, 0.3) is 0 Å². The number of aliphatic carboxylic acids is 1. The molecular formula is C27H30ClF3N2O7S. The highest BCUT2D eigenvalue weighted by Crippen LogP contribution is 2.27. The Labute approximate surface area is 244 Å². The average molecular weight is 619 g/mol. The Balaban J connectivity index is 2.10. The first kappa shape index (κ1) is 33.8. The molecule has 0 saturated heterocycles. The van der Waals surface area contributed by atoms with Crippen molar-refractivity contribution in [3.05, 3.63) is 58.4 Å². The number of nitrogens with one attached hydrogen (secondary N) is 2. The lowest BCUT2D eigenvalue weighted by atomic mass is 10.0. The first-order valence-electron chi connectivity index (χ1n) is 12.3. The van der Waals surface area contributed by atoms with Crippen molar-refractivity contribution >= 4 is 46.9 Å². The number of carbonyl (C=O) groups excluding carboxylic acids is 3. The number of hydrogen-bond acceptors (Lipinski definition) is 7. The zero-order valence-corrected chi connectivity index (χ0v) is 24.0. The van der Waals surface area contributed by atoms with E-state index in [2.05, 4.69) is 15.4 Å². The van der Waals surface area contributed by atoms with Gasteiger partial charge in [-0.15, -0.1) is 11.8 Å². The van der Waals surface area contributed by atoms with E-state index in [1.54, 1.807) is 13.8 Å². The van der Waals surface area contributed by atoms with Crippen molar-refractivity contribution in [3.63, 3.8) is 0 Å². The SMILES string of the molecule is COc1ccc(OC(F)F)c(CC(=O)N[C@H](C(=O)N[C@@H](CC(=O)O)C(=O)CSCc2c(F)cccc2Cl)C(C)C)c1. The minimum atomic E-state index is -3.13. The number of carboxylic acids is 1. The second kappa shape index (κ2) is 16.1. The number of halogens is 4. The molecule has 0 bridgehead atoms. The molecule has 41 heavy (non-hydrogen) atoms. The van der Waals surface area contributed by atoms with E-state index >= 15 is 0 Å². The standard InChI is InChI=1S/C27H30ClF3N2O7S/c1-14(2)25(33-23(35)10-15-9-16(39-3)7-8-22(15)40-27(30)31)26(38)32-20(11-24(36)37)21(34)13-41-12-17-18(28)5-4-6-19(17)29/h4-9,14,20,25,27H,10-13H2,1-3H3,(H,32,38)(H,33,35)(H,36,37)/t20-,25-/m0/s1. The van der Waals surface area contributed by atoms with Gasteiger partial charge in [0.05, 0.1) is 31.7 Å². The third-order valence-electron chi connectivity index (χ3n) is 5.74. The number of thioether (sulfide) groups is 1. The number of amides is 2. The van der Waals surface area contributed by atoms with E-state index in [1.165, 1.54) is 43.5 Å². The van der Waals surface area contributed by atoms with Crippen molar-refractivity contribution in [2.75, 3.05) is 12.9 Å². The second-order valence-corrected chi connectivity index (χ2v) is 10.5. The third kappa shape index (κ3) is 10.8. The monoisotopic (exact) mass is 618 g/mol. The van der Waals surface area contributed by atoms with Gasteiger partial charge in [0.2, 0.25) is 11.8 Å². The van der Waals surface area contributed by atoms with Crippen LogP contribution in [0.15, 0.2) is 36.4 Å². The Morgan fingerprint density at radius 1 is 1.10 bits per heavy atom. The Hall–Kier alpha value is -3.45. The number of alkyl halides is 2. The highest BCUT2D eigenvalue weighted by atomic mass is 35.5. The maximum Gasteiger partial charge on any atom is 0.387 e. The summed E-state index contributed by atoms with van der Waals surface area (Å²) in [5.41, 5.74) is 0.266. The molecule has 0 radical (unpaired) electrons. The molecule has 0 aliphatic heterocycles. The minimum absolute atomic E-state index is 0.0389. The summed E-state index contributed by atoms with van der Waals surface area (Å²) in [5, 5.41) is 14.4. The molecule has 0 aromatic heterocycles. The van der Waals surface area contributed by atoms with E-state index in [1.807, 2.05) is 0 Å². The summed E-state index contributed by atoms with van der Waals surface area (Å²) in [6.07, 6.45) is -1.16. The number of benzene rings is 2. The molecule has 0 saturated carbocycles. The van der Waals surface area contributed by atoms with Crippen LogP contribution in [-0.2, 0) is 31.4 Å². The summed E-state index contributed by atoms with van der Waals surface area (Å²) in [5.74, 6) is -4.72. The van der Waals surface area contributed by atoms with Crippen molar-refractivity contribution < 1.29 is 46.9 Å². The summed E-state index contributed by atoms with van der Waals surface area (Å²) in [7, 11) is 1.36. The number of hydrogen-bond donors (Lipinski definition) is 3. The molecule has 0 unspecified atom stereocenters. The largest absolute Gasteiger partial charge is 0.497 e. The van der Waals surface area contributed by atoms with Crippen molar-refractivity contribution in [3.8, 4) is 11.5 Å². The fourth-order valence-electron chi connectivity index (χ4n) is 3.67. The topological polar surface area (TPSA) is 131 Å². The summed E-state index contributed by atoms with van der Waals surface area (Å²) >= 11 is 6.99. The number of Topliss-reactive ketones (excluding diaryl/α,β-unsaturated/α-hetero) is 1. The quantitative estimate of drug-likeness (QED) is 0.255. The van der Waals surface area contributed by atoms with Crippen LogP contribution < -0.4 is 20.1 Å². The second-order valence-electron chi connectivity index (χ2n) is 9.14. The Morgan fingerprint density at radius 3 is 2.39 bits per heavy atom. The molecular weight excluding hydrogens is 589 g/mol. The van der Waals surface area contributed by atoms with Crippen LogP contribution in [0.4, 0.5) is 13.2 Å². The van der Waals surface area contributed by atoms with Crippen LogP contribution in [0.2, 0.25) is 5.02 Å². The van der Waals surface area contributed by atoms with Crippen LogP contribution >= 0.6 is 23.4 Å². The van der Waals surface area contributed by atoms with Gasteiger partial charge in [-0.3, -0.25) is 19.2 Å². The molecule has 2 aromatic carbocycles. The molecule has 0 fully saturated rings. The molecule has 0 aliphatic rings. The Morgan fingerprint density at radius 2 is 1.80 bits per heavy atom.